The van der Waals surface area contributed by atoms with E-state index in [0.29, 0.717) is 89.9 Å². The van der Waals surface area contributed by atoms with Gasteiger partial charge in [0.1, 0.15) is 34.1 Å². The van der Waals surface area contributed by atoms with Gasteiger partial charge in [-0.05, 0) is 153 Å². The number of hydrogen-bond donors (Lipinski definition) is 0. The van der Waals surface area contributed by atoms with Crippen LogP contribution in [0.4, 0.5) is 0 Å². The standard InChI is InChI=1S/C62H80O22/c1-7-53(63)75-31-9-11-33-77-55(65)41-13-17-45(18-14-41)59(69)83-51-27-25-47(37-49(51)61(71)79-35-29-39(3)73-5)81-57(67)43-21-23-44(24-22-43)58(68)82-48-26-28-52(50(38-48)62(72)80-36-30-40(4)74-6)84-60(70)46-19-15-42(16-20-46)56(66)78-34-12-10-32-76-54(64)8-2/h7-8,25-28,37-46H,1-2,9-24,29-36H2,3-6H3. The van der Waals surface area contributed by atoms with Gasteiger partial charge in [0, 0.05) is 39.2 Å². The molecule has 2 unspecified atom stereocenters. The fourth-order valence-corrected chi connectivity index (χ4v) is 9.60. The summed E-state index contributed by atoms with van der Waals surface area (Å²) >= 11 is 0. The number of ether oxygens (including phenoxy) is 12. The lowest BCUT2D eigenvalue weighted by Crippen LogP contribution is -2.30. The van der Waals surface area contributed by atoms with E-state index in [1.54, 1.807) is 0 Å². The summed E-state index contributed by atoms with van der Waals surface area (Å²) in [7, 11) is 3.05. The predicted molar refractivity (Wildman–Crippen MR) is 297 cm³/mol. The van der Waals surface area contributed by atoms with Crippen LogP contribution in [0.15, 0.2) is 61.7 Å². The van der Waals surface area contributed by atoms with Crippen molar-refractivity contribution in [3.05, 3.63) is 72.8 Å². The van der Waals surface area contributed by atoms with Gasteiger partial charge in [-0.2, -0.15) is 0 Å². The van der Waals surface area contributed by atoms with Crippen LogP contribution in [-0.4, -0.2) is 126 Å². The molecule has 0 spiro atoms. The average Bonchev–Trinajstić information content (AvgIpc) is 3.65. The molecule has 0 amide bonds. The van der Waals surface area contributed by atoms with Crippen LogP contribution in [0.3, 0.4) is 0 Å². The first kappa shape index (κ1) is 67.3. The number of carbonyl (C=O) groups is 10. The number of rotatable bonds is 32. The van der Waals surface area contributed by atoms with Crippen LogP contribution in [-0.2, 0) is 76.3 Å². The number of hydrogen-bond acceptors (Lipinski definition) is 22. The van der Waals surface area contributed by atoms with Crippen LogP contribution in [0.1, 0.15) is 150 Å². The highest BCUT2D eigenvalue weighted by molar-refractivity contribution is 5.95. The highest BCUT2D eigenvalue weighted by Crippen LogP contribution is 2.37. The molecule has 22 heteroatoms. The fraction of sp³-hybridized carbons (Fsp3) is 0.581. The van der Waals surface area contributed by atoms with Gasteiger partial charge in [-0.25, -0.2) is 19.2 Å². The van der Waals surface area contributed by atoms with Gasteiger partial charge in [-0.3, -0.25) is 28.8 Å². The highest BCUT2D eigenvalue weighted by Gasteiger charge is 2.36. The van der Waals surface area contributed by atoms with Crippen molar-refractivity contribution < 1.29 is 105 Å². The Balaban J connectivity index is 1.14. The minimum atomic E-state index is -0.827. The lowest BCUT2D eigenvalue weighted by atomic mass is 9.82. The summed E-state index contributed by atoms with van der Waals surface area (Å²) in [5, 5.41) is 0. The maximum absolute atomic E-state index is 13.6. The molecule has 3 aliphatic carbocycles. The number of methoxy groups -OCH3 is 2. The van der Waals surface area contributed by atoms with E-state index >= 15 is 0 Å². The van der Waals surface area contributed by atoms with Crippen molar-refractivity contribution in [2.75, 3.05) is 53.9 Å². The summed E-state index contributed by atoms with van der Waals surface area (Å²) in [5.41, 5.74) is -0.305. The number of esters is 10. The third-order valence-corrected chi connectivity index (χ3v) is 15.1. The Morgan fingerprint density at radius 3 is 0.988 bits per heavy atom. The molecule has 0 N–H and O–H groups in total. The van der Waals surface area contributed by atoms with E-state index in [-0.39, 0.29) is 124 Å². The van der Waals surface area contributed by atoms with Gasteiger partial charge in [-0.15, -0.1) is 0 Å². The van der Waals surface area contributed by atoms with Crippen LogP contribution >= 0.6 is 0 Å². The van der Waals surface area contributed by atoms with E-state index < -0.39 is 83.3 Å². The Morgan fingerprint density at radius 2 is 0.690 bits per heavy atom. The van der Waals surface area contributed by atoms with E-state index in [2.05, 4.69) is 13.2 Å². The van der Waals surface area contributed by atoms with Crippen LogP contribution in [0, 0.1) is 35.5 Å². The van der Waals surface area contributed by atoms with Gasteiger partial charge in [-0.1, -0.05) is 13.2 Å². The van der Waals surface area contributed by atoms with Gasteiger partial charge in [0.2, 0.25) is 0 Å². The van der Waals surface area contributed by atoms with Gasteiger partial charge >= 0.3 is 59.7 Å². The third kappa shape index (κ3) is 22.3. The van der Waals surface area contributed by atoms with Crippen molar-refractivity contribution in [1.29, 1.82) is 0 Å². The zero-order valence-electron chi connectivity index (χ0n) is 48.6. The quantitative estimate of drug-likeness (QED) is 0.0217. The normalized spacial score (nSPS) is 20.0. The summed E-state index contributed by atoms with van der Waals surface area (Å²) in [6.07, 6.45) is 8.46. The largest absolute Gasteiger partial charge is 0.465 e. The molecule has 0 heterocycles. The summed E-state index contributed by atoms with van der Waals surface area (Å²) in [6.45, 7) is 11.0. The zero-order chi connectivity index (χ0) is 61.0. The molecule has 3 saturated carbocycles. The minimum absolute atomic E-state index is 0.00689. The number of carbonyl (C=O) groups excluding carboxylic acids is 10. The van der Waals surface area contributed by atoms with Crippen LogP contribution in [0.2, 0.25) is 0 Å². The molecule has 22 nitrogen and oxygen atoms in total. The average molecular weight is 1180 g/mol. The van der Waals surface area contributed by atoms with E-state index in [9.17, 15) is 47.9 Å². The first-order valence-corrected chi connectivity index (χ1v) is 28.9. The topological polar surface area (TPSA) is 281 Å². The van der Waals surface area contributed by atoms with Crippen molar-refractivity contribution in [3.63, 3.8) is 0 Å². The van der Waals surface area contributed by atoms with Crippen LogP contribution in [0.5, 0.6) is 23.0 Å². The molecule has 0 aliphatic heterocycles. The molecular formula is C62H80O22. The van der Waals surface area contributed by atoms with Crippen molar-refractivity contribution in [2.24, 2.45) is 35.5 Å². The van der Waals surface area contributed by atoms with Crippen LogP contribution in [0.25, 0.3) is 0 Å². The molecule has 0 aromatic heterocycles. The second-order valence-electron chi connectivity index (χ2n) is 21.1. The SMILES string of the molecule is C=CC(=O)OCCCCOC(=O)C1CCC(C(=O)Oc2ccc(OC(=O)C3CCC(C(=O)Oc4ccc(OC(=O)C5CCC(C(=O)OCCCCOC(=O)C=C)CC5)c(C(=O)OCCC(C)OC)c4)CC3)cc2C(=O)OCCC(C)OC)CC1. The summed E-state index contributed by atoms with van der Waals surface area (Å²) < 4.78 is 65.3. The van der Waals surface area contributed by atoms with E-state index in [4.69, 9.17) is 56.8 Å². The molecule has 460 valence electrons. The molecule has 2 aromatic rings. The summed E-state index contributed by atoms with van der Waals surface area (Å²) in [5.74, 6) is -9.27. The third-order valence-electron chi connectivity index (χ3n) is 15.1. The van der Waals surface area contributed by atoms with Crippen molar-refractivity contribution in [2.45, 2.75) is 142 Å². The minimum Gasteiger partial charge on any atom is -0.465 e. The lowest BCUT2D eigenvalue weighted by Gasteiger charge is -2.26. The Kier molecular flexibility index (Phi) is 28.6. The van der Waals surface area contributed by atoms with Crippen LogP contribution < -0.4 is 18.9 Å². The molecule has 0 bridgehead atoms. The first-order valence-electron chi connectivity index (χ1n) is 28.9. The zero-order valence-corrected chi connectivity index (χ0v) is 48.6. The molecule has 3 fully saturated rings. The second-order valence-corrected chi connectivity index (χ2v) is 21.1. The summed E-state index contributed by atoms with van der Waals surface area (Å²) in [4.78, 5) is 129. The maximum atomic E-state index is 13.6. The van der Waals surface area contributed by atoms with E-state index in [0.717, 1.165) is 12.2 Å². The predicted octanol–water partition coefficient (Wildman–Crippen LogP) is 8.70. The van der Waals surface area contributed by atoms with Gasteiger partial charge in [0.05, 0.1) is 87.4 Å². The Bertz CT molecular complexity index is 2410. The lowest BCUT2D eigenvalue weighted by molar-refractivity contribution is -0.152. The molecule has 5 rings (SSSR count). The fourth-order valence-electron chi connectivity index (χ4n) is 9.60. The van der Waals surface area contributed by atoms with Crippen molar-refractivity contribution in [3.8, 4) is 23.0 Å². The molecule has 3 aliphatic rings. The van der Waals surface area contributed by atoms with Crippen molar-refractivity contribution in [1.82, 2.24) is 0 Å². The first-order chi connectivity index (χ1) is 40.4. The Labute approximate surface area is 489 Å². The molecule has 84 heavy (non-hydrogen) atoms. The molecule has 0 radical (unpaired) electrons. The highest BCUT2D eigenvalue weighted by atomic mass is 16.6. The maximum Gasteiger partial charge on any atom is 0.342 e. The molecule has 2 atom stereocenters. The Hall–Kier alpha value is -7.46. The molecule has 2 aromatic carbocycles. The summed E-state index contributed by atoms with van der Waals surface area (Å²) in [6, 6.07) is 8.02. The van der Waals surface area contributed by atoms with E-state index in [1.807, 2.05) is 13.8 Å². The monoisotopic (exact) mass is 1180 g/mol. The van der Waals surface area contributed by atoms with Gasteiger partial charge < -0.3 is 56.8 Å². The second kappa shape index (κ2) is 35.6. The van der Waals surface area contributed by atoms with Gasteiger partial charge in [0.25, 0.3) is 0 Å². The van der Waals surface area contributed by atoms with Crippen molar-refractivity contribution >= 4 is 59.7 Å². The number of benzene rings is 2. The van der Waals surface area contributed by atoms with E-state index in [1.165, 1.54) is 50.6 Å². The Morgan fingerprint density at radius 1 is 0.405 bits per heavy atom. The molecular weight excluding hydrogens is 1100 g/mol. The molecule has 0 saturated heterocycles. The number of unbranched alkanes of at least 4 members (excludes halogenated alkanes) is 2. The smallest absolute Gasteiger partial charge is 0.342 e. The van der Waals surface area contributed by atoms with Gasteiger partial charge in [0.15, 0.2) is 0 Å².